The van der Waals surface area contributed by atoms with Crippen LogP contribution in [0.25, 0.3) is 11.3 Å². The van der Waals surface area contributed by atoms with Gasteiger partial charge in [-0.15, -0.1) is 11.3 Å². The number of anilines is 3. The van der Waals surface area contributed by atoms with Gasteiger partial charge in [0, 0.05) is 32.3 Å². The molecule has 9 heteroatoms. The standard InChI is InChI=1S/C26H20ClN3O3S2/c27-18-8-2-1-7-17(18)19-16-34-26(28-19)29-24(31)15-33-25(32)13-14-30-20-9-3-5-11-22(20)35-23-12-6-4-10-21(23)30/h1-12,16H,13-15H2,(H,28,29,31). The second kappa shape index (κ2) is 10.5. The molecule has 0 unspecified atom stereocenters. The van der Waals surface area contributed by atoms with Gasteiger partial charge in [0.1, 0.15) is 0 Å². The van der Waals surface area contributed by atoms with E-state index in [0.29, 0.717) is 22.4 Å². The lowest BCUT2D eigenvalue weighted by molar-refractivity contribution is -0.147. The van der Waals surface area contributed by atoms with Gasteiger partial charge in [-0.05, 0) is 30.3 Å². The third-order valence-corrected chi connectivity index (χ3v) is 7.55. The number of aromatic nitrogens is 1. The van der Waals surface area contributed by atoms with Crippen molar-refractivity contribution in [2.24, 2.45) is 0 Å². The molecule has 1 aromatic heterocycles. The highest BCUT2D eigenvalue weighted by molar-refractivity contribution is 7.99. The predicted molar refractivity (Wildman–Crippen MR) is 141 cm³/mol. The van der Waals surface area contributed by atoms with Crippen LogP contribution in [0.2, 0.25) is 5.02 Å². The van der Waals surface area contributed by atoms with Crippen molar-refractivity contribution in [1.82, 2.24) is 4.98 Å². The summed E-state index contributed by atoms with van der Waals surface area (Å²) in [7, 11) is 0. The van der Waals surface area contributed by atoms with Crippen molar-refractivity contribution in [2.45, 2.75) is 16.2 Å². The molecule has 176 valence electrons. The number of esters is 1. The smallest absolute Gasteiger partial charge is 0.308 e. The Morgan fingerprint density at radius 2 is 1.60 bits per heavy atom. The Morgan fingerprint density at radius 3 is 2.31 bits per heavy atom. The Labute approximate surface area is 215 Å². The van der Waals surface area contributed by atoms with Gasteiger partial charge >= 0.3 is 5.97 Å². The second-order valence-corrected chi connectivity index (χ2v) is 10.0. The van der Waals surface area contributed by atoms with Gasteiger partial charge in [0.05, 0.1) is 23.5 Å². The summed E-state index contributed by atoms with van der Waals surface area (Å²) in [5, 5.41) is 5.49. The van der Waals surface area contributed by atoms with E-state index in [4.69, 9.17) is 16.3 Å². The van der Waals surface area contributed by atoms with E-state index < -0.39 is 11.9 Å². The predicted octanol–water partition coefficient (Wildman–Crippen LogP) is 6.64. The van der Waals surface area contributed by atoms with Crippen LogP contribution in [0.5, 0.6) is 0 Å². The number of benzene rings is 3. The van der Waals surface area contributed by atoms with Gasteiger partial charge in [-0.25, -0.2) is 4.98 Å². The molecule has 2 heterocycles. The minimum absolute atomic E-state index is 0.147. The molecule has 0 fully saturated rings. The third kappa shape index (κ3) is 5.35. The number of rotatable bonds is 7. The average molecular weight is 522 g/mol. The maximum atomic E-state index is 12.4. The van der Waals surface area contributed by atoms with Crippen LogP contribution < -0.4 is 10.2 Å². The maximum absolute atomic E-state index is 12.4. The number of ether oxygens (including phenoxy) is 1. The molecule has 0 saturated heterocycles. The number of fused-ring (bicyclic) bond motifs is 2. The number of amides is 1. The molecule has 35 heavy (non-hydrogen) atoms. The van der Waals surface area contributed by atoms with Crippen LogP contribution in [0.3, 0.4) is 0 Å². The molecule has 0 aliphatic carbocycles. The van der Waals surface area contributed by atoms with Crippen LogP contribution in [-0.2, 0) is 14.3 Å². The fraction of sp³-hybridized carbons (Fsp3) is 0.115. The Hall–Kier alpha value is -3.33. The molecule has 0 saturated carbocycles. The monoisotopic (exact) mass is 521 g/mol. The summed E-state index contributed by atoms with van der Waals surface area (Å²) in [6.45, 7) is 0.0750. The molecule has 6 nitrogen and oxygen atoms in total. The lowest BCUT2D eigenvalue weighted by atomic mass is 10.2. The van der Waals surface area contributed by atoms with Crippen LogP contribution in [0, 0.1) is 0 Å². The van der Waals surface area contributed by atoms with Crippen LogP contribution in [0.4, 0.5) is 16.5 Å². The van der Waals surface area contributed by atoms with Gasteiger partial charge in [0.25, 0.3) is 5.91 Å². The molecule has 1 amide bonds. The lowest BCUT2D eigenvalue weighted by Gasteiger charge is -2.32. The molecule has 0 spiro atoms. The Morgan fingerprint density at radius 1 is 0.943 bits per heavy atom. The van der Waals surface area contributed by atoms with E-state index in [9.17, 15) is 9.59 Å². The topological polar surface area (TPSA) is 71.5 Å². The first-order chi connectivity index (χ1) is 17.1. The summed E-state index contributed by atoms with van der Waals surface area (Å²) >= 11 is 9.21. The molecule has 1 aliphatic heterocycles. The van der Waals surface area contributed by atoms with Gasteiger partial charge in [-0.2, -0.15) is 0 Å². The van der Waals surface area contributed by atoms with E-state index in [1.807, 2.05) is 60.0 Å². The second-order valence-electron chi connectivity index (χ2n) is 7.67. The molecule has 1 N–H and O–H groups in total. The number of hydrogen-bond donors (Lipinski definition) is 1. The quantitative estimate of drug-likeness (QED) is 0.275. The van der Waals surface area contributed by atoms with Crippen molar-refractivity contribution < 1.29 is 14.3 Å². The summed E-state index contributed by atoms with van der Waals surface area (Å²) in [5.41, 5.74) is 3.57. The fourth-order valence-electron chi connectivity index (χ4n) is 3.72. The number of carbonyl (C=O) groups excluding carboxylic acids is 2. The van der Waals surface area contributed by atoms with E-state index in [0.717, 1.165) is 26.7 Å². The molecule has 1 aliphatic rings. The Bertz CT molecular complexity index is 1350. The SMILES string of the molecule is O=C(COC(=O)CCN1c2ccccc2Sc2ccccc21)Nc1nc(-c2ccccc2Cl)cs1. The van der Waals surface area contributed by atoms with E-state index in [1.165, 1.54) is 11.3 Å². The third-order valence-electron chi connectivity index (χ3n) is 5.34. The van der Waals surface area contributed by atoms with E-state index in [-0.39, 0.29) is 13.0 Å². The molecular formula is C26H20ClN3O3S2. The number of nitrogens with one attached hydrogen (secondary N) is 1. The average Bonchev–Trinajstić information content (AvgIpc) is 3.33. The van der Waals surface area contributed by atoms with Crippen molar-refractivity contribution in [3.63, 3.8) is 0 Å². The van der Waals surface area contributed by atoms with Crippen LogP contribution in [-0.4, -0.2) is 30.0 Å². The number of para-hydroxylation sites is 2. The fourth-order valence-corrected chi connectivity index (χ4v) is 5.78. The highest BCUT2D eigenvalue weighted by atomic mass is 35.5. The summed E-state index contributed by atoms with van der Waals surface area (Å²) in [5.74, 6) is -0.882. The Balaban J connectivity index is 1.15. The molecule has 0 radical (unpaired) electrons. The first kappa shape index (κ1) is 23.4. The lowest BCUT2D eigenvalue weighted by Crippen LogP contribution is -2.26. The molecule has 4 aromatic rings. The summed E-state index contributed by atoms with van der Waals surface area (Å²) < 4.78 is 5.23. The van der Waals surface area contributed by atoms with Crippen LogP contribution >= 0.6 is 34.7 Å². The van der Waals surface area contributed by atoms with Crippen molar-refractivity contribution in [3.8, 4) is 11.3 Å². The molecule has 0 atom stereocenters. The zero-order valence-corrected chi connectivity index (χ0v) is 20.8. The summed E-state index contributed by atoms with van der Waals surface area (Å²) in [6.07, 6.45) is 0.147. The van der Waals surface area contributed by atoms with Gasteiger partial charge in [0.15, 0.2) is 11.7 Å². The van der Waals surface area contributed by atoms with Gasteiger partial charge < -0.3 is 9.64 Å². The zero-order valence-electron chi connectivity index (χ0n) is 18.4. The van der Waals surface area contributed by atoms with E-state index in [1.54, 1.807) is 17.8 Å². The minimum Gasteiger partial charge on any atom is -0.456 e. The number of nitrogens with zero attached hydrogens (tertiary/aromatic N) is 2. The van der Waals surface area contributed by atoms with Crippen molar-refractivity contribution >= 4 is 63.1 Å². The first-order valence-electron chi connectivity index (χ1n) is 10.9. The van der Waals surface area contributed by atoms with E-state index >= 15 is 0 Å². The summed E-state index contributed by atoms with van der Waals surface area (Å²) in [6, 6.07) is 23.6. The molecule has 0 bridgehead atoms. The number of carbonyl (C=O) groups is 2. The minimum atomic E-state index is -0.441. The molecule has 5 rings (SSSR count). The first-order valence-corrected chi connectivity index (χ1v) is 13.0. The largest absolute Gasteiger partial charge is 0.456 e. The van der Waals surface area contributed by atoms with Gasteiger partial charge in [0.2, 0.25) is 0 Å². The zero-order chi connectivity index (χ0) is 24.2. The number of hydrogen-bond acceptors (Lipinski definition) is 7. The highest BCUT2D eigenvalue weighted by Crippen LogP contribution is 2.47. The van der Waals surface area contributed by atoms with Crippen molar-refractivity contribution in [1.29, 1.82) is 0 Å². The van der Waals surface area contributed by atoms with Crippen LogP contribution in [0.1, 0.15) is 6.42 Å². The van der Waals surface area contributed by atoms with Gasteiger partial charge in [-0.1, -0.05) is 65.8 Å². The maximum Gasteiger partial charge on any atom is 0.308 e. The number of halogens is 1. The normalized spacial score (nSPS) is 12.0. The summed E-state index contributed by atoms with van der Waals surface area (Å²) in [4.78, 5) is 33.5. The van der Waals surface area contributed by atoms with Gasteiger partial charge in [-0.3, -0.25) is 14.9 Å². The molecular weight excluding hydrogens is 502 g/mol. The van der Waals surface area contributed by atoms with E-state index in [2.05, 4.69) is 27.3 Å². The van der Waals surface area contributed by atoms with Crippen molar-refractivity contribution in [2.75, 3.05) is 23.4 Å². The van der Waals surface area contributed by atoms with Crippen molar-refractivity contribution in [3.05, 3.63) is 83.2 Å². The van der Waals surface area contributed by atoms with Crippen LogP contribution in [0.15, 0.2) is 88.0 Å². The molecule has 3 aromatic carbocycles. The number of thiazole rings is 1. The Kier molecular flexibility index (Phi) is 7.03. The highest BCUT2D eigenvalue weighted by Gasteiger charge is 2.23.